The third-order valence-corrected chi connectivity index (χ3v) is 4.49. The zero-order valence-electron chi connectivity index (χ0n) is 12.6. The molecule has 0 radical (unpaired) electrons. The Morgan fingerprint density at radius 1 is 1.38 bits per heavy atom. The molecule has 2 aromatic heterocycles. The number of hydrogen-bond acceptors (Lipinski definition) is 5. The number of nitrogens with one attached hydrogen (secondary N) is 1. The molecule has 0 fully saturated rings. The average Bonchev–Trinajstić information content (AvgIpc) is 2.80. The van der Waals surface area contributed by atoms with E-state index in [4.69, 9.17) is 5.11 Å². The maximum atomic E-state index is 10.8. The van der Waals surface area contributed by atoms with Crippen LogP contribution in [-0.2, 0) is 4.79 Å². The number of anilines is 1. The molecular formula is C15H21N3O2S. The maximum absolute atomic E-state index is 10.8. The predicted molar refractivity (Wildman–Crippen MR) is 85.9 cm³/mol. The van der Waals surface area contributed by atoms with Crippen molar-refractivity contribution in [3.8, 4) is 0 Å². The fourth-order valence-corrected chi connectivity index (χ4v) is 3.10. The zero-order valence-corrected chi connectivity index (χ0v) is 13.4. The molecule has 6 heteroatoms. The summed E-state index contributed by atoms with van der Waals surface area (Å²) in [6.45, 7) is 5.91. The fourth-order valence-electron chi connectivity index (χ4n) is 2.25. The van der Waals surface area contributed by atoms with Crippen molar-refractivity contribution in [2.24, 2.45) is 5.92 Å². The lowest BCUT2D eigenvalue weighted by Gasteiger charge is -2.15. The first-order valence-electron chi connectivity index (χ1n) is 7.18. The van der Waals surface area contributed by atoms with E-state index < -0.39 is 5.97 Å². The Bertz CT molecular complexity index is 626. The van der Waals surface area contributed by atoms with Gasteiger partial charge < -0.3 is 10.4 Å². The van der Waals surface area contributed by atoms with Gasteiger partial charge in [-0.2, -0.15) is 0 Å². The van der Waals surface area contributed by atoms with E-state index in [0.29, 0.717) is 6.42 Å². The van der Waals surface area contributed by atoms with Gasteiger partial charge in [-0.3, -0.25) is 4.79 Å². The molecule has 0 saturated carbocycles. The van der Waals surface area contributed by atoms with Gasteiger partial charge in [-0.15, -0.1) is 11.3 Å². The second-order valence-electron chi connectivity index (χ2n) is 5.51. The average molecular weight is 307 g/mol. The molecule has 2 atom stereocenters. The van der Waals surface area contributed by atoms with Crippen molar-refractivity contribution < 1.29 is 9.90 Å². The van der Waals surface area contributed by atoms with Crippen molar-refractivity contribution in [3.63, 3.8) is 0 Å². The molecule has 2 aromatic rings. The first-order valence-corrected chi connectivity index (χ1v) is 7.99. The minimum atomic E-state index is -0.720. The normalized spacial score (nSPS) is 14.0. The number of carboxylic acid groups (broad SMARTS) is 1. The number of aromatic nitrogens is 2. The molecule has 0 bridgehead atoms. The number of thiophene rings is 1. The van der Waals surface area contributed by atoms with Gasteiger partial charge >= 0.3 is 5.97 Å². The van der Waals surface area contributed by atoms with Gasteiger partial charge in [0.05, 0.1) is 11.3 Å². The number of rotatable bonds is 7. The minimum Gasteiger partial charge on any atom is -0.481 e. The molecule has 114 valence electrons. The van der Waals surface area contributed by atoms with Crippen LogP contribution in [0, 0.1) is 12.8 Å². The van der Waals surface area contributed by atoms with Gasteiger partial charge in [-0.25, -0.2) is 9.97 Å². The van der Waals surface area contributed by atoms with E-state index in [1.54, 1.807) is 24.6 Å². The summed E-state index contributed by atoms with van der Waals surface area (Å²) in [5.41, 5.74) is 0. The lowest BCUT2D eigenvalue weighted by molar-refractivity contribution is -0.141. The third-order valence-electron chi connectivity index (χ3n) is 3.53. The molecule has 2 rings (SSSR count). The predicted octanol–water partition coefficient (Wildman–Crippen LogP) is 3.69. The highest BCUT2D eigenvalue weighted by atomic mass is 32.1. The maximum Gasteiger partial charge on any atom is 0.306 e. The van der Waals surface area contributed by atoms with E-state index in [2.05, 4.69) is 35.2 Å². The molecule has 5 nitrogen and oxygen atoms in total. The molecule has 0 aliphatic rings. The second kappa shape index (κ2) is 6.85. The van der Waals surface area contributed by atoms with E-state index in [0.717, 1.165) is 28.9 Å². The van der Waals surface area contributed by atoms with Crippen molar-refractivity contribution in [1.29, 1.82) is 0 Å². The molecule has 0 amide bonds. The smallest absolute Gasteiger partial charge is 0.306 e. The summed E-state index contributed by atoms with van der Waals surface area (Å²) >= 11 is 1.66. The van der Waals surface area contributed by atoms with E-state index in [1.165, 1.54) is 4.88 Å². The van der Waals surface area contributed by atoms with Gasteiger partial charge in [0.15, 0.2) is 0 Å². The van der Waals surface area contributed by atoms with Crippen molar-refractivity contribution >= 4 is 33.3 Å². The number of carboxylic acids is 1. The Kier molecular flexibility index (Phi) is 5.12. The summed E-state index contributed by atoms with van der Waals surface area (Å²) < 4.78 is 0. The highest BCUT2D eigenvalue weighted by molar-refractivity contribution is 7.18. The van der Waals surface area contributed by atoms with Crippen LogP contribution in [0.5, 0.6) is 0 Å². The molecule has 21 heavy (non-hydrogen) atoms. The van der Waals surface area contributed by atoms with E-state index in [-0.39, 0.29) is 12.0 Å². The lowest BCUT2D eigenvalue weighted by Crippen LogP contribution is -2.17. The number of nitrogens with zero attached hydrogens (tertiary/aromatic N) is 2. The highest BCUT2D eigenvalue weighted by Crippen LogP contribution is 2.28. The van der Waals surface area contributed by atoms with Crippen LogP contribution in [0.2, 0.25) is 0 Å². The first-order chi connectivity index (χ1) is 9.97. The minimum absolute atomic E-state index is 0.254. The standard InChI is InChI=1S/C15H21N3O2S/c1-9(15(19)20)5-4-6-10(2)18-13-12-7-11(3)21-14(12)17-8-16-13/h7-10H,4-6H2,1-3H3,(H,19,20)(H,16,17,18). The first kappa shape index (κ1) is 15.7. The summed E-state index contributed by atoms with van der Waals surface area (Å²) in [4.78, 5) is 21.6. The Morgan fingerprint density at radius 2 is 2.14 bits per heavy atom. The van der Waals surface area contributed by atoms with E-state index in [1.807, 2.05) is 0 Å². The van der Waals surface area contributed by atoms with Gasteiger partial charge in [0.25, 0.3) is 0 Å². The molecule has 0 spiro atoms. The zero-order chi connectivity index (χ0) is 15.4. The third kappa shape index (κ3) is 4.14. The molecule has 2 unspecified atom stereocenters. The lowest BCUT2D eigenvalue weighted by atomic mass is 10.0. The summed E-state index contributed by atoms with van der Waals surface area (Å²) in [5.74, 6) is -0.132. The van der Waals surface area contributed by atoms with Crippen molar-refractivity contribution in [2.75, 3.05) is 5.32 Å². The highest BCUT2D eigenvalue weighted by Gasteiger charge is 2.13. The number of hydrogen-bond donors (Lipinski definition) is 2. The Hall–Kier alpha value is -1.69. The fraction of sp³-hybridized carbons (Fsp3) is 0.533. The number of carbonyl (C=O) groups is 1. The van der Waals surface area contributed by atoms with Crippen LogP contribution in [0.15, 0.2) is 12.4 Å². The molecule has 0 aromatic carbocycles. The van der Waals surface area contributed by atoms with Gasteiger partial charge in [-0.1, -0.05) is 13.3 Å². The summed E-state index contributed by atoms with van der Waals surface area (Å²) in [6, 6.07) is 2.35. The number of aliphatic carboxylic acids is 1. The van der Waals surface area contributed by atoms with Crippen LogP contribution in [-0.4, -0.2) is 27.1 Å². The largest absolute Gasteiger partial charge is 0.481 e. The van der Waals surface area contributed by atoms with Gasteiger partial charge in [0.2, 0.25) is 0 Å². The summed E-state index contributed by atoms with van der Waals surface area (Å²) in [6.07, 6.45) is 4.10. The summed E-state index contributed by atoms with van der Waals surface area (Å²) in [7, 11) is 0. The molecule has 0 aliphatic heterocycles. The van der Waals surface area contributed by atoms with Crippen LogP contribution >= 0.6 is 11.3 Å². The molecule has 2 heterocycles. The number of aryl methyl sites for hydroxylation is 1. The molecule has 2 N–H and O–H groups in total. The molecule has 0 aliphatic carbocycles. The topological polar surface area (TPSA) is 75.1 Å². The Balaban J connectivity index is 1.92. The van der Waals surface area contributed by atoms with Crippen LogP contribution in [0.3, 0.4) is 0 Å². The van der Waals surface area contributed by atoms with E-state index in [9.17, 15) is 4.79 Å². The molecule has 0 saturated heterocycles. The Labute approximate surface area is 128 Å². The monoisotopic (exact) mass is 307 g/mol. The van der Waals surface area contributed by atoms with Crippen molar-refractivity contribution in [2.45, 2.75) is 46.1 Å². The quantitative estimate of drug-likeness (QED) is 0.816. The van der Waals surface area contributed by atoms with Crippen LogP contribution in [0.4, 0.5) is 5.82 Å². The van der Waals surface area contributed by atoms with Gasteiger partial charge in [0, 0.05) is 10.9 Å². The van der Waals surface area contributed by atoms with Crippen LogP contribution in [0.25, 0.3) is 10.2 Å². The van der Waals surface area contributed by atoms with Crippen molar-refractivity contribution in [3.05, 3.63) is 17.3 Å². The van der Waals surface area contributed by atoms with Gasteiger partial charge in [-0.05, 0) is 32.8 Å². The van der Waals surface area contributed by atoms with Gasteiger partial charge in [0.1, 0.15) is 17.0 Å². The SMILES string of the molecule is Cc1cc2c(NC(C)CCCC(C)C(=O)O)ncnc2s1. The van der Waals surface area contributed by atoms with Crippen LogP contribution in [0.1, 0.15) is 38.0 Å². The van der Waals surface area contributed by atoms with Crippen molar-refractivity contribution in [1.82, 2.24) is 9.97 Å². The van der Waals surface area contributed by atoms with E-state index >= 15 is 0 Å². The second-order valence-corrected chi connectivity index (χ2v) is 6.75. The number of fused-ring (bicyclic) bond motifs is 1. The van der Waals surface area contributed by atoms with Crippen LogP contribution < -0.4 is 5.32 Å². The molecular weight excluding hydrogens is 286 g/mol. The summed E-state index contributed by atoms with van der Waals surface area (Å²) in [5, 5.41) is 13.3. The Morgan fingerprint density at radius 3 is 2.86 bits per heavy atom.